The molecular weight excluding hydrogens is 366 g/mol. The maximum absolute atomic E-state index is 6.70. The van der Waals surface area contributed by atoms with Gasteiger partial charge in [-0.15, -0.1) is 22.7 Å². The number of aromatic nitrogens is 2. The molecule has 2 heterocycles. The van der Waals surface area contributed by atoms with E-state index >= 15 is 0 Å². The lowest BCUT2D eigenvalue weighted by atomic mass is 10.8. The number of nitrogens with zero attached hydrogens (tertiary/aromatic N) is 4. The van der Waals surface area contributed by atoms with E-state index in [-0.39, 0.29) is 0 Å². The van der Waals surface area contributed by atoms with Crippen molar-refractivity contribution >= 4 is 53.7 Å². The Hall–Kier alpha value is -1.88. The molecule has 20 heavy (non-hydrogen) atoms. The standard InChI is InChI=1S/C5H3BrN2OS.C5H5N3OS/c2*1-7-4-3(9-2)8-5(6)10-4/h2H3;2H3,(H2,6,8). The zero-order chi connectivity index (χ0) is 15.1. The predicted octanol–water partition coefficient (Wildman–Crippen LogP) is 3.75. The molecule has 0 atom stereocenters. The van der Waals surface area contributed by atoms with Crippen LogP contribution in [0.25, 0.3) is 9.69 Å². The van der Waals surface area contributed by atoms with E-state index in [9.17, 15) is 0 Å². The van der Waals surface area contributed by atoms with Crippen LogP contribution in [-0.2, 0) is 0 Å². The Morgan fingerprint density at radius 1 is 1.05 bits per heavy atom. The molecule has 7 nitrogen and oxygen atoms in total. The second-order valence-corrected chi connectivity index (χ2v) is 6.13. The van der Waals surface area contributed by atoms with E-state index in [1.54, 1.807) is 0 Å². The quantitative estimate of drug-likeness (QED) is 0.810. The Morgan fingerprint density at radius 3 is 1.95 bits per heavy atom. The van der Waals surface area contributed by atoms with Gasteiger partial charge in [0.15, 0.2) is 9.05 Å². The van der Waals surface area contributed by atoms with Crippen LogP contribution in [0.1, 0.15) is 0 Å². The molecule has 2 aromatic heterocycles. The molecule has 2 aromatic rings. The van der Waals surface area contributed by atoms with Gasteiger partial charge in [-0.1, -0.05) is 0 Å². The monoisotopic (exact) mass is 373 g/mol. The summed E-state index contributed by atoms with van der Waals surface area (Å²) < 4.78 is 10.3. The lowest BCUT2D eigenvalue weighted by Crippen LogP contribution is -1.84. The third-order valence-electron chi connectivity index (χ3n) is 1.74. The average molecular weight is 374 g/mol. The molecule has 10 heteroatoms. The number of hydrogen-bond donors (Lipinski definition) is 1. The van der Waals surface area contributed by atoms with Crippen LogP contribution in [0.15, 0.2) is 3.92 Å². The molecule has 0 amide bonds. The van der Waals surface area contributed by atoms with Gasteiger partial charge in [0.2, 0.25) is 11.8 Å². The first-order chi connectivity index (χ1) is 9.55. The Labute approximate surface area is 131 Å². The first-order valence-electron chi connectivity index (χ1n) is 4.81. The van der Waals surface area contributed by atoms with Gasteiger partial charge in [-0.2, -0.15) is 4.98 Å². The molecule has 0 saturated carbocycles. The van der Waals surface area contributed by atoms with Crippen LogP contribution < -0.4 is 15.2 Å². The summed E-state index contributed by atoms with van der Waals surface area (Å²) in [6, 6.07) is 0. The lowest BCUT2D eigenvalue weighted by Gasteiger charge is -1.89. The summed E-state index contributed by atoms with van der Waals surface area (Å²) in [6.45, 7) is 13.4. The Balaban J connectivity index is 0.000000200. The Morgan fingerprint density at radius 2 is 1.55 bits per heavy atom. The fourth-order valence-electron chi connectivity index (χ4n) is 0.995. The number of rotatable bonds is 2. The third-order valence-corrected chi connectivity index (χ3v) is 3.88. The van der Waals surface area contributed by atoms with Crippen molar-refractivity contribution in [2.75, 3.05) is 20.0 Å². The van der Waals surface area contributed by atoms with E-state index in [2.05, 4.69) is 35.6 Å². The maximum Gasteiger partial charge on any atom is 0.304 e. The molecule has 0 aliphatic heterocycles. The van der Waals surface area contributed by atoms with Crippen molar-refractivity contribution in [1.29, 1.82) is 0 Å². The highest BCUT2D eigenvalue weighted by Gasteiger charge is 2.08. The normalized spacial score (nSPS) is 8.85. The van der Waals surface area contributed by atoms with Crippen LogP contribution in [0.2, 0.25) is 0 Å². The molecule has 0 radical (unpaired) electrons. The van der Waals surface area contributed by atoms with Crippen molar-refractivity contribution in [3.05, 3.63) is 26.8 Å². The molecule has 0 aliphatic carbocycles. The summed E-state index contributed by atoms with van der Waals surface area (Å²) in [6.07, 6.45) is 0. The highest BCUT2D eigenvalue weighted by molar-refractivity contribution is 9.11. The number of anilines is 1. The Bertz CT molecular complexity index is 612. The molecule has 2 N–H and O–H groups in total. The van der Waals surface area contributed by atoms with Gasteiger partial charge in [0.1, 0.15) is 0 Å². The maximum atomic E-state index is 6.70. The highest BCUT2D eigenvalue weighted by atomic mass is 79.9. The fraction of sp³-hybridized carbons (Fsp3) is 0.200. The molecular formula is C10H8BrN5O2S2. The first kappa shape index (κ1) is 16.2. The van der Waals surface area contributed by atoms with Gasteiger partial charge in [-0.05, 0) is 15.9 Å². The van der Waals surface area contributed by atoms with Gasteiger partial charge in [-0.25, -0.2) is 14.7 Å². The van der Waals surface area contributed by atoms with E-state index < -0.39 is 0 Å². The SMILES string of the molecule is [C-]#[N+]c1sc(Br)nc1OC.[C-]#[N+]c1sc(N)nc1OC. The van der Waals surface area contributed by atoms with Crippen LogP contribution in [0, 0.1) is 13.1 Å². The van der Waals surface area contributed by atoms with Crippen LogP contribution in [0.4, 0.5) is 15.1 Å². The first-order valence-corrected chi connectivity index (χ1v) is 7.23. The third kappa shape index (κ3) is 4.06. The molecule has 104 valence electrons. The van der Waals surface area contributed by atoms with Gasteiger partial charge in [-0.3, -0.25) is 0 Å². The Kier molecular flexibility index (Phi) is 6.18. The summed E-state index contributed by atoms with van der Waals surface area (Å²) >= 11 is 5.54. The summed E-state index contributed by atoms with van der Waals surface area (Å²) in [7, 11) is 2.96. The van der Waals surface area contributed by atoms with E-state index in [4.69, 9.17) is 28.4 Å². The van der Waals surface area contributed by atoms with E-state index in [0.717, 1.165) is 11.3 Å². The van der Waals surface area contributed by atoms with Gasteiger partial charge in [0.25, 0.3) is 0 Å². The topological polar surface area (TPSA) is 79.0 Å². The summed E-state index contributed by atoms with van der Waals surface area (Å²) in [5.41, 5.74) is 5.31. The van der Waals surface area contributed by atoms with Gasteiger partial charge >= 0.3 is 10.0 Å². The largest absolute Gasteiger partial charge is 0.489 e. The number of hydrogen-bond acceptors (Lipinski definition) is 7. The lowest BCUT2D eigenvalue weighted by molar-refractivity contribution is 0.402. The van der Waals surface area contributed by atoms with Crippen molar-refractivity contribution in [2.24, 2.45) is 0 Å². The average Bonchev–Trinajstić information content (AvgIpc) is 3.00. The number of nitrogen functional groups attached to an aromatic ring is 1. The summed E-state index contributed by atoms with van der Waals surface area (Å²) in [4.78, 5) is 14.0. The zero-order valence-corrected chi connectivity index (χ0v) is 13.6. The minimum atomic E-state index is 0.317. The van der Waals surface area contributed by atoms with Crippen LogP contribution in [-0.4, -0.2) is 24.2 Å². The van der Waals surface area contributed by atoms with E-state index in [1.807, 2.05) is 0 Å². The summed E-state index contributed by atoms with van der Waals surface area (Å²) in [5, 5.41) is 1.25. The van der Waals surface area contributed by atoms with Crippen molar-refractivity contribution in [3.63, 3.8) is 0 Å². The van der Waals surface area contributed by atoms with Crippen molar-refractivity contribution < 1.29 is 9.47 Å². The second kappa shape index (κ2) is 7.65. The van der Waals surface area contributed by atoms with E-state index in [0.29, 0.717) is 30.8 Å². The molecule has 0 aromatic carbocycles. The second-order valence-electron chi connectivity index (χ2n) is 2.87. The molecule has 0 unspecified atom stereocenters. The number of halogens is 1. The molecule has 0 aliphatic rings. The van der Waals surface area contributed by atoms with Crippen molar-refractivity contribution in [3.8, 4) is 11.8 Å². The van der Waals surface area contributed by atoms with Gasteiger partial charge in [0.05, 0.1) is 27.4 Å². The summed E-state index contributed by atoms with van der Waals surface area (Å²) in [5.74, 6) is 0.712. The van der Waals surface area contributed by atoms with Crippen LogP contribution in [0.3, 0.4) is 0 Å². The zero-order valence-electron chi connectivity index (χ0n) is 10.4. The number of thiazole rings is 2. The van der Waals surface area contributed by atoms with Crippen molar-refractivity contribution in [1.82, 2.24) is 9.97 Å². The van der Waals surface area contributed by atoms with Crippen LogP contribution in [0.5, 0.6) is 11.8 Å². The number of ether oxygens (including phenoxy) is 2. The predicted molar refractivity (Wildman–Crippen MR) is 82.0 cm³/mol. The number of nitrogens with two attached hydrogens (primary N) is 1. The minimum absolute atomic E-state index is 0.317. The molecule has 2 rings (SSSR count). The fourth-order valence-corrected chi connectivity index (χ4v) is 2.75. The number of methoxy groups -OCH3 is 2. The van der Waals surface area contributed by atoms with E-state index in [1.165, 1.54) is 25.6 Å². The van der Waals surface area contributed by atoms with Gasteiger partial charge < -0.3 is 15.2 Å². The molecule has 0 bridgehead atoms. The minimum Gasteiger partial charge on any atom is -0.489 e. The molecule has 0 saturated heterocycles. The smallest absolute Gasteiger partial charge is 0.304 e. The highest BCUT2D eigenvalue weighted by Crippen LogP contribution is 2.36. The van der Waals surface area contributed by atoms with Gasteiger partial charge in [0, 0.05) is 0 Å². The van der Waals surface area contributed by atoms with Crippen LogP contribution >= 0.6 is 38.6 Å². The molecule has 0 fully saturated rings. The van der Waals surface area contributed by atoms with Crippen molar-refractivity contribution in [2.45, 2.75) is 0 Å². The molecule has 0 spiro atoms.